The van der Waals surface area contributed by atoms with Crippen LogP contribution >= 0.6 is 0 Å². The van der Waals surface area contributed by atoms with Gasteiger partial charge in [-0.2, -0.15) is 0 Å². The van der Waals surface area contributed by atoms with Crippen LogP contribution in [0.5, 0.6) is 0 Å². The van der Waals surface area contributed by atoms with Crippen molar-refractivity contribution in [3.63, 3.8) is 0 Å². The van der Waals surface area contributed by atoms with Crippen molar-refractivity contribution in [2.45, 2.75) is 6.42 Å². The predicted octanol–water partition coefficient (Wildman–Crippen LogP) is 2.16. The molecule has 0 atom stereocenters. The van der Waals surface area contributed by atoms with Crippen LogP contribution in [0.4, 0.5) is 5.69 Å². The van der Waals surface area contributed by atoms with Crippen LogP contribution in [-0.2, 0) is 11.2 Å². The van der Waals surface area contributed by atoms with Crippen molar-refractivity contribution in [2.75, 3.05) is 5.32 Å². The molecule has 1 aromatic heterocycles. The number of carboxylic acids is 1. The zero-order valence-electron chi connectivity index (χ0n) is 9.42. The molecule has 0 unspecified atom stereocenters. The second-order valence-electron chi connectivity index (χ2n) is 3.69. The molecule has 0 bridgehead atoms. The molecule has 2 aromatic rings. The molecular weight excluding hydrogens is 234 g/mol. The number of benzene rings is 1. The van der Waals surface area contributed by atoms with Gasteiger partial charge in [0.05, 0.1) is 18.2 Å². The van der Waals surface area contributed by atoms with Gasteiger partial charge in [0.2, 0.25) is 5.91 Å². The van der Waals surface area contributed by atoms with Gasteiger partial charge in [0, 0.05) is 5.69 Å². The molecule has 18 heavy (non-hydrogen) atoms. The third kappa shape index (κ3) is 2.98. The fourth-order valence-electron chi connectivity index (χ4n) is 1.51. The Hall–Kier alpha value is -2.56. The number of carboxylic acid groups (broad SMARTS) is 1. The van der Waals surface area contributed by atoms with Gasteiger partial charge in [-0.15, -0.1) is 0 Å². The zero-order valence-corrected chi connectivity index (χ0v) is 9.42. The number of furan rings is 1. The number of rotatable bonds is 4. The lowest BCUT2D eigenvalue weighted by molar-refractivity contribution is -0.115. The molecule has 1 heterocycles. The van der Waals surface area contributed by atoms with Crippen LogP contribution in [0.3, 0.4) is 0 Å². The Morgan fingerprint density at radius 1 is 1.22 bits per heavy atom. The van der Waals surface area contributed by atoms with E-state index < -0.39 is 5.97 Å². The van der Waals surface area contributed by atoms with E-state index >= 15 is 0 Å². The van der Waals surface area contributed by atoms with E-state index in [1.54, 1.807) is 24.3 Å². The lowest BCUT2D eigenvalue weighted by atomic mass is 10.2. The third-order valence-corrected chi connectivity index (χ3v) is 2.31. The molecule has 0 saturated heterocycles. The highest BCUT2D eigenvalue weighted by Gasteiger charge is 2.08. The Labute approximate surface area is 103 Å². The molecule has 0 spiro atoms. The SMILES string of the molecule is O=C(Cc1ccco1)Nc1cccc(C(=O)O)c1. The average Bonchev–Trinajstić information content (AvgIpc) is 2.82. The van der Waals surface area contributed by atoms with Gasteiger partial charge in [0.25, 0.3) is 0 Å². The first-order valence-corrected chi connectivity index (χ1v) is 5.31. The first-order chi connectivity index (χ1) is 8.65. The van der Waals surface area contributed by atoms with E-state index in [9.17, 15) is 9.59 Å². The van der Waals surface area contributed by atoms with Crippen molar-refractivity contribution in [2.24, 2.45) is 0 Å². The minimum atomic E-state index is -1.03. The van der Waals surface area contributed by atoms with Crippen LogP contribution in [0.15, 0.2) is 47.1 Å². The number of carbonyl (C=O) groups excluding carboxylic acids is 1. The second-order valence-corrected chi connectivity index (χ2v) is 3.69. The molecule has 0 fully saturated rings. The molecular formula is C13H11NO4. The molecule has 0 radical (unpaired) electrons. The van der Waals surface area contributed by atoms with Gasteiger partial charge in [-0.25, -0.2) is 4.79 Å². The lowest BCUT2D eigenvalue weighted by Gasteiger charge is -2.04. The van der Waals surface area contributed by atoms with Gasteiger partial charge >= 0.3 is 5.97 Å². The Kier molecular flexibility index (Phi) is 3.43. The summed E-state index contributed by atoms with van der Waals surface area (Å²) in [5.41, 5.74) is 0.581. The van der Waals surface area contributed by atoms with E-state index in [0.29, 0.717) is 11.4 Å². The van der Waals surface area contributed by atoms with Gasteiger partial charge in [-0.1, -0.05) is 6.07 Å². The van der Waals surface area contributed by atoms with Gasteiger partial charge < -0.3 is 14.8 Å². The van der Waals surface area contributed by atoms with E-state index in [-0.39, 0.29) is 17.9 Å². The highest BCUT2D eigenvalue weighted by atomic mass is 16.4. The summed E-state index contributed by atoms with van der Waals surface area (Å²) in [5.74, 6) is -0.730. The van der Waals surface area contributed by atoms with Crippen molar-refractivity contribution >= 4 is 17.6 Å². The molecule has 1 amide bonds. The Balaban J connectivity index is 2.03. The maximum atomic E-state index is 11.6. The Morgan fingerprint density at radius 3 is 2.72 bits per heavy atom. The number of hydrogen-bond acceptors (Lipinski definition) is 3. The highest BCUT2D eigenvalue weighted by Crippen LogP contribution is 2.11. The Morgan fingerprint density at radius 2 is 2.06 bits per heavy atom. The number of nitrogens with one attached hydrogen (secondary N) is 1. The summed E-state index contributed by atoms with van der Waals surface area (Å²) < 4.78 is 5.05. The van der Waals surface area contributed by atoms with Gasteiger partial charge in [0.1, 0.15) is 5.76 Å². The molecule has 0 aliphatic heterocycles. The van der Waals surface area contributed by atoms with Crippen molar-refractivity contribution in [3.8, 4) is 0 Å². The van der Waals surface area contributed by atoms with Crippen LogP contribution in [0.1, 0.15) is 16.1 Å². The molecule has 92 valence electrons. The van der Waals surface area contributed by atoms with Gasteiger partial charge in [-0.3, -0.25) is 4.79 Å². The third-order valence-electron chi connectivity index (χ3n) is 2.31. The normalized spacial score (nSPS) is 10.0. The van der Waals surface area contributed by atoms with E-state index in [1.807, 2.05) is 0 Å². The first kappa shape index (κ1) is 11.9. The summed E-state index contributed by atoms with van der Waals surface area (Å²) in [5, 5.41) is 11.4. The summed E-state index contributed by atoms with van der Waals surface area (Å²) in [4.78, 5) is 22.4. The van der Waals surface area contributed by atoms with Crippen molar-refractivity contribution in [1.82, 2.24) is 0 Å². The van der Waals surface area contributed by atoms with E-state index in [1.165, 1.54) is 18.4 Å². The van der Waals surface area contributed by atoms with Gasteiger partial charge in [-0.05, 0) is 30.3 Å². The first-order valence-electron chi connectivity index (χ1n) is 5.31. The zero-order chi connectivity index (χ0) is 13.0. The fraction of sp³-hybridized carbons (Fsp3) is 0.0769. The van der Waals surface area contributed by atoms with Crippen molar-refractivity contribution < 1.29 is 19.1 Å². The standard InChI is InChI=1S/C13H11NO4/c15-12(8-11-5-2-6-18-11)14-10-4-1-3-9(7-10)13(16)17/h1-7H,8H2,(H,14,15)(H,16,17). The summed E-state index contributed by atoms with van der Waals surface area (Å²) in [6.45, 7) is 0. The molecule has 5 nitrogen and oxygen atoms in total. The number of anilines is 1. The maximum Gasteiger partial charge on any atom is 0.335 e. The van der Waals surface area contributed by atoms with Crippen LogP contribution in [0, 0.1) is 0 Å². The largest absolute Gasteiger partial charge is 0.478 e. The average molecular weight is 245 g/mol. The Bertz CT molecular complexity index is 560. The summed E-state index contributed by atoms with van der Waals surface area (Å²) in [6.07, 6.45) is 1.61. The van der Waals surface area contributed by atoms with E-state index in [0.717, 1.165) is 0 Å². The fourth-order valence-corrected chi connectivity index (χ4v) is 1.51. The van der Waals surface area contributed by atoms with Crippen LogP contribution in [0.2, 0.25) is 0 Å². The second kappa shape index (κ2) is 5.18. The van der Waals surface area contributed by atoms with Crippen LogP contribution in [0.25, 0.3) is 0 Å². The van der Waals surface area contributed by atoms with Crippen LogP contribution in [-0.4, -0.2) is 17.0 Å². The number of amides is 1. The van der Waals surface area contributed by atoms with Gasteiger partial charge in [0.15, 0.2) is 0 Å². The highest BCUT2D eigenvalue weighted by molar-refractivity contribution is 5.94. The number of hydrogen-bond donors (Lipinski definition) is 2. The maximum absolute atomic E-state index is 11.6. The summed E-state index contributed by atoms with van der Waals surface area (Å²) >= 11 is 0. The quantitative estimate of drug-likeness (QED) is 0.865. The monoisotopic (exact) mass is 245 g/mol. The molecule has 5 heteroatoms. The smallest absolute Gasteiger partial charge is 0.335 e. The van der Waals surface area contributed by atoms with E-state index in [4.69, 9.17) is 9.52 Å². The van der Waals surface area contributed by atoms with Crippen molar-refractivity contribution in [3.05, 3.63) is 54.0 Å². The molecule has 2 N–H and O–H groups in total. The minimum Gasteiger partial charge on any atom is -0.478 e. The summed E-state index contributed by atoms with van der Waals surface area (Å²) in [7, 11) is 0. The topological polar surface area (TPSA) is 79.5 Å². The number of carbonyl (C=O) groups is 2. The molecule has 0 aliphatic rings. The molecule has 2 rings (SSSR count). The summed E-state index contributed by atoms with van der Waals surface area (Å²) in [6, 6.07) is 9.48. The minimum absolute atomic E-state index is 0.115. The van der Waals surface area contributed by atoms with Crippen LogP contribution < -0.4 is 5.32 Å². The van der Waals surface area contributed by atoms with E-state index in [2.05, 4.69) is 5.32 Å². The molecule has 0 aliphatic carbocycles. The number of aromatic carboxylic acids is 1. The molecule has 1 aromatic carbocycles. The predicted molar refractivity (Wildman–Crippen MR) is 64.4 cm³/mol. The molecule has 0 saturated carbocycles. The lowest BCUT2D eigenvalue weighted by Crippen LogP contribution is -2.14. The van der Waals surface area contributed by atoms with Crippen molar-refractivity contribution in [1.29, 1.82) is 0 Å².